The first-order valence-corrected chi connectivity index (χ1v) is 3.92. The Morgan fingerprint density at radius 3 is 2.14 bits per heavy atom. The Bertz CT molecular complexity index is 322. The van der Waals surface area contributed by atoms with E-state index < -0.39 is 6.68 Å². The molecule has 1 nitrogen and oxygen atoms in total. The van der Waals surface area contributed by atoms with Crippen LogP contribution in [0.4, 0.5) is 13.2 Å². The Balaban J connectivity index is 0.000000213. The second kappa shape index (κ2) is 5.21. The summed E-state index contributed by atoms with van der Waals surface area (Å²) in [6.45, 7) is -3.67. The molecule has 0 atom stereocenters. The van der Waals surface area contributed by atoms with Gasteiger partial charge in [0.1, 0.15) is 0 Å². The third kappa shape index (κ3) is 3.43. The number of halogens is 3. The summed E-state index contributed by atoms with van der Waals surface area (Å²) in [6.07, 6.45) is 1.81. The number of nitrogens with zero attached hydrogens (tertiary/aromatic N) is 1. The molecule has 1 heterocycles. The van der Waals surface area contributed by atoms with Gasteiger partial charge in [0, 0.05) is 11.6 Å². The Morgan fingerprint density at radius 1 is 0.929 bits per heavy atom. The maximum Gasteiger partial charge on any atom is 0.379 e. The first kappa shape index (κ1) is 10.5. The summed E-state index contributed by atoms with van der Waals surface area (Å²) in [4.78, 5) is 4.18. The zero-order chi connectivity index (χ0) is 10.4. The van der Waals surface area contributed by atoms with Crippen LogP contribution in [0.3, 0.4) is 0 Å². The molecule has 0 saturated heterocycles. The summed E-state index contributed by atoms with van der Waals surface area (Å²) in [5, 5.41) is 1.20. The topological polar surface area (TPSA) is 12.9 Å². The van der Waals surface area contributed by atoms with Crippen molar-refractivity contribution in [3.05, 3.63) is 42.6 Å². The lowest BCUT2D eigenvalue weighted by Crippen LogP contribution is -1.73. The van der Waals surface area contributed by atoms with Gasteiger partial charge in [-0.1, -0.05) is 24.3 Å². The zero-order valence-electron chi connectivity index (χ0n) is 7.20. The van der Waals surface area contributed by atoms with Gasteiger partial charge in [-0.2, -0.15) is 13.2 Å². The molecule has 0 aliphatic carbocycles. The number of rotatable bonds is 0. The minimum Gasteiger partial charge on any atom is -0.256 e. The molecule has 4 heteroatoms. The maximum absolute atomic E-state index is 9.67. The van der Waals surface area contributed by atoms with E-state index in [2.05, 4.69) is 17.1 Å². The van der Waals surface area contributed by atoms with Crippen LogP contribution in [0, 0.1) is 0 Å². The lowest BCUT2D eigenvalue weighted by molar-refractivity contribution is 0.00819. The monoisotopic (exact) mass is 199 g/mol. The van der Waals surface area contributed by atoms with Gasteiger partial charge in [0.25, 0.3) is 0 Å². The van der Waals surface area contributed by atoms with Gasteiger partial charge in [0.2, 0.25) is 0 Å². The third-order valence-electron chi connectivity index (χ3n) is 1.51. The van der Waals surface area contributed by atoms with Crippen molar-refractivity contribution in [3.63, 3.8) is 0 Å². The average Bonchev–Trinajstić information content (AvgIpc) is 2.17. The Morgan fingerprint density at radius 2 is 1.50 bits per heavy atom. The van der Waals surface area contributed by atoms with Gasteiger partial charge in [-0.15, -0.1) is 0 Å². The molecule has 0 aliphatic heterocycles. The van der Waals surface area contributed by atoms with Crippen molar-refractivity contribution in [2.24, 2.45) is 0 Å². The highest BCUT2D eigenvalue weighted by Crippen LogP contribution is 2.07. The molecule has 74 valence electrons. The molecule has 0 radical (unpaired) electrons. The summed E-state index contributed by atoms with van der Waals surface area (Å²) in [7, 11) is 0. The maximum atomic E-state index is 9.67. The van der Waals surface area contributed by atoms with Crippen molar-refractivity contribution in [1.29, 1.82) is 0 Å². The highest BCUT2D eigenvalue weighted by atomic mass is 19.4. The fraction of sp³-hybridized carbons (Fsp3) is 0.100. The highest BCUT2D eigenvalue weighted by Gasteiger charge is 1.87. The van der Waals surface area contributed by atoms with Crippen molar-refractivity contribution in [3.8, 4) is 0 Å². The molecule has 2 aromatic rings. The van der Waals surface area contributed by atoms with Gasteiger partial charge >= 0.3 is 6.68 Å². The molecule has 2 rings (SSSR count). The largest absolute Gasteiger partial charge is 0.379 e. The molecule has 0 saturated carbocycles. The first-order valence-electron chi connectivity index (χ1n) is 3.92. The van der Waals surface area contributed by atoms with Crippen LogP contribution >= 0.6 is 0 Å². The SMILES string of the molecule is FC(F)F.c1ccc2ncccc2c1. The van der Waals surface area contributed by atoms with Crippen LogP contribution in [-0.4, -0.2) is 11.7 Å². The van der Waals surface area contributed by atoms with E-state index in [9.17, 15) is 13.2 Å². The number of para-hydroxylation sites is 1. The molecule has 0 unspecified atom stereocenters. The van der Waals surface area contributed by atoms with Gasteiger partial charge in [-0.25, -0.2) is 0 Å². The minimum atomic E-state index is -3.67. The van der Waals surface area contributed by atoms with E-state index in [1.165, 1.54) is 5.39 Å². The molecular weight excluding hydrogens is 191 g/mol. The van der Waals surface area contributed by atoms with E-state index in [-0.39, 0.29) is 0 Å². The fourth-order valence-electron chi connectivity index (χ4n) is 1.02. The molecule has 0 aliphatic rings. The molecule has 14 heavy (non-hydrogen) atoms. The Kier molecular flexibility index (Phi) is 3.91. The molecular formula is C10H8F3N. The molecule has 0 fully saturated rings. The lowest BCUT2D eigenvalue weighted by Gasteiger charge is -1.91. The Labute approximate surface area is 79.2 Å². The number of hydrogen-bond acceptors (Lipinski definition) is 1. The van der Waals surface area contributed by atoms with E-state index in [1.807, 2.05) is 30.5 Å². The van der Waals surface area contributed by atoms with Crippen molar-refractivity contribution in [1.82, 2.24) is 4.98 Å². The van der Waals surface area contributed by atoms with E-state index >= 15 is 0 Å². The Hall–Kier alpha value is -1.58. The van der Waals surface area contributed by atoms with Crippen LogP contribution in [-0.2, 0) is 0 Å². The van der Waals surface area contributed by atoms with Gasteiger partial charge in [0.05, 0.1) is 5.52 Å². The summed E-state index contributed by atoms with van der Waals surface area (Å²) in [5.41, 5.74) is 1.06. The van der Waals surface area contributed by atoms with Crippen LogP contribution < -0.4 is 0 Å². The van der Waals surface area contributed by atoms with Crippen LogP contribution in [0.2, 0.25) is 0 Å². The predicted molar refractivity (Wildman–Crippen MR) is 48.9 cm³/mol. The third-order valence-corrected chi connectivity index (χ3v) is 1.51. The van der Waals surface area contributed by atoms with Crippen LogP contribution in [0.1, 0.15) is 0 Å². The normalized spacial score (nSPS) is 9.71. The van der Waals surface area contributed by atoms with E-state index in [0.29, 0.717) is 0 Å². The smallest absolute Gasteiger partial charge is 0.256 e. The van der Waals surface area contributed by atoms with Gasteiger partial charge in [-0.3, -0.25) is 4.98 Å². The quantitative estimate of drug-likeness (QED) is 0.633. The molecule has 1 aromatic carbocycles. The molecule has 0 N–H and O–H groups in total. The number of fused-ring (bicyclic) bond motifs is 1. The van der Waals surface area contributed by atoms with Gasteiger partial charge < -0.3 is 0 Å². The number of hydrogen-bond donors (Lipinski definition) is 0. The number of aromatic nitrogens is 1. The molecule has 0 amide bonds. The zero-order valence-corrected chi connectivity index (χ0v) is 7.20. The van der Waals surface area contributed by atoms with Crippen molar-refractivity contribution in [2.75, 3.05) is 0 Å². The minimum absolute atomic E-state index is 1.06. The van der Waals surface area contributed by atoms with Gasteiger partial charge in [0.15, 0.2) is 0 Å². The van der Waals surface area contributed by atoms with Crippen molar-refractivity contribution < 1.29 is 13.2 Å². The lowest BCUT2D eigenvalue weighted by atomic mass is 10.2. The summed E-state index contributed by atoms with van der Waals surface area (Å²) in [5.74, 6) is 0. The van der Waals surface area contributed by atoms with Crippen molar-refractivity contribution in [2.45, 2.75) is 6.68 Å². The number of pyridine rings is 1. The summed E-state index contributed by atoms with van der Waals surface area (Å²) < 4.78 is 29.0. The fourth-order valence-corrected chi connectivity index (χ4v) is 1.02. The predicted octanol–water partition coefficient (Wildman–Crippen LogP) is 3.41. The summed E-state index contributed by atoms with van der Waals surface area (Å²) >= 11 is 0. The first-order chi connectivity index (χ1) is 6.70. The number of benzene rings is 1. The van der Waals surface area contributed by atoms with Crippen LogP contribution in [0.25, 0.3) is 10.9 Å². The van der Waals surface area contributed by atoms with E-state index in [1.54, 1.807) is 0 Å². The molecule has 1 aromatic heterocycles. The standard InChI is InChI=1S/C9H7N.CHF3/c1-2-6-9-8(4-1)5-3-7-10-9;2-1(3)4/h1-7H;1H. The second-order valence-electron chi connectivity index (χ2n) is 2.44. The summed E-state index contributed by atoms with van der Waals surface area (Å²) in [6, 6.07) is 12.1. The second-order valence-corrected chi connectivity index (χ2v) is 2.44. The highest BCUT2D eigenvalue weighted by molar-refractivity contribution is 5.77. The van der Waals surface area contributed by atoms with E-state index in [0.717, 1.165) is 5.52 Å². The number of alkyl halides is 3. The van der Waals surface area contributed by atoms with Crippen molar-refractivity contribution >= 4 is 10.9 Å². The molecule has 0 spiro atoms. The van der Waals surface area contributed by atoms with Gasteiger partial charge in [-0.05, 0) is 12.1 Å². The molecule has 0 bridgehead atoms. The van der Waals surface area contributed by atoms with E-state index in [4.69, 9.17) is 0 Å². The van der Waals surface area contributed by atoms with Crippen LogP contribution in [0.5, 0.6) is 0 Å². The average molecular weight is 199 g/mol. The van der Waals surface area contributed by atoms with Crippen LogP contribution in [0.15, 0.2) is 42.6 Å².